The lowest BCUT2D eigenvalue weighted by Crippen LogP contribution is -2.07. The summed E-state index contributed by atoms with van der Waals surface area (Å²) >= 11 is 0. The topological polar surface area (TPSA) is 30.5 Å². The summed E-state index contributed by atoms with van der Waals surface area (Å²) in [5, 5.41) is 3.33. The molecule has 1 N–H and O–H groups in total. The van der Waals surface area contributed by atoms with E-state index in [2.05, 4.69) is 5.32 Å². The molecule has 0 radical (unpaired) electrons. The first-order valence-corrected chi connectivity index (χ1v) is 6.97. The van der Waals surface area contributed by atoms with Gasteiger partial charge in [0.05, 0.1) is 13.7 Å². The van der Waals surface area contributed by atoms with Crippen LogP contribution in [0.3, 0.4) is 0 Å². The van der Waals surface area contributed by atoms with Crippen molar-refractivity contribution in [3.05, 3.63) is 53.8 Å². The molecule has 0 aliphatic rings. The quantitative estimate of drug-likeness (QED) is 0.854. The zero-order chi connectivity index (χ0) is 15.2. The fraction of sp³-hybridized carbons (Fsp3) is 0.294. The Morgan fingerprint density at radius 3 is 2.62 bits per heavy atom. The Labute approximate surface area is 124 Å². The van der Waals surface area contributed by atoms with Crippen LogP contribution < -0.4 is 14.8 Å². The lowest BCUT2D eigenvalue weighted by molar-refractivity contribution is 0.311. The smallest absolute Gasteiger partial charge is 0.162 e. The third-order valence-corrected chi connectivity index (χ3v) is 3.20. The van der Waals surface area contributed by atoms with E-state index in [1.165, 1.54) is 12.1 Å². The number of ether oxygens (including phenoxy) is 2. The maximum atomic E-state index is 13.3. The average Bonchev–Trinajstić information content (AvgIpc) is 2.49. The summed E-state index contributed by atoms with van der Waals surface area (Å²) in [6, 6.07) is 12.2. The van der Waals surface area contributed by atoms with Crippen LogP contribution >= 0.6 is 0 Å². The third kappa shape index (κ3) is 3.88. The van der Waals surface area contributed by atoms with Gasteiger partial charge in [-0.15, -0.1) is 0 Å². The summed E-state index contributed by atoms with van der Waals surface area (Å²) in [5.41, 5.74) is 1.79. The van der Waals surface area contributed by atoms with E-state index in [1.54, 1.807) is 13.2 Å². The lowest BCUT2D eigenvalue weighted by atomic mass is 10.1. The second kappa shape index (κ2) is 6.97. The van der Waals surface area contributed by atoms with Crippen LogP contribution in [0, 0.1) is 5.82 Å². The summed E-state index contributed by atoms with van der Waals surface area (Å²) in [7, 11) is 1.61. The molecule has 0 saturated carbocycles. The number of hydrogen-bond donors (Lipinski definition) is 1. The van der Waals surface area contributed by atoms with Gasteiger partial charge < -0.3 is 14.8 Å². The van der Waals surface area contributed by atoms with E-state index in [9.17, 15) is 4.39 Å². The Bertz CT molecular complexity index is 601. The molecule has 0 aliphatic carbocycles. The van der Waals surface area contributed by atoms with E-state index < -0.39 is 0 Å². The molecule has 0 heterocycles. The molecule has 0 bridgehead atoms. The van der Waals surface area contributed by atoms with Crippen LogP contribution in [0.1, 0.15) is 25.5 Å². The Balaban J connectivity index is 2.15. The van der Waals surface area contributed by atoms with E-state index >= 15 is 0 Å². The molecule has 1 atom stereocenters. The van der Waals surface area contributed by atoms with Crippen LogP contribution in [-0.4, -0.2) is 13.7 Å². The van der Waals surface area contributed by atoms with Crippen LogP contribution in [0.4, 0.5) is 10.1 Å². The van der Waals surface area contributed by atoms with Gasteiger partial charge in [-0.25, -0.2) is 4.39 Å². The molecular formula is C17H20FNO2. The molecule has 0 aliphatic heterocycles. The molecule has 0 saturated heterocycles. The third-order valence-electron chi connectivity index (χ3n) is 3.20. The van der Waals surface area contributed by atoms with Crippen molar-refractivity contribution in [1.82, 2.24) is 0 Å². The van der Waals surface area contributed by atoms with E-state index in [-0.39, 0.29) is 11.9 Å². The van der Waals surface area contributed by atoms with Crippen molar-refractivity contribution in [1.29, 1.82) is 0 Å². The van der Waals surface area contributed by atoms with Crippen LogP contribution in [0.2, 0.25) is 0 Å². The van der Waals surface area contributed by atoms with Crippen LogP contribution in [0.15, 0.2) is 42.5 Å². The van der Waals surface area contributed by atoms with Crippen molar-refractivity contribution in [2.24, 2.45) is 0 Å². The number of anilines is 1. The van der Waals surface area contributed by atoms with Gasteiger partial charge in [0.15, 0.2) is 11.5 Å². The molecule has 1 unspecified atom stereocenters. The first-order chi connectivity index (χ1) is 10.1. The predicted octanol–water partition coefficient (Wildman–Crippen LogP) is 4.41. The van der Waals surface area contributed by atoms with E-state index in [0.29, 0.717) is 18.1 Å². The highest BCUT2D eigenvalue weighted by atomic mass is 19.1. The number of nitrogens with one attached hydrogen (secondary N) is 1. The summed E-state index contributed by atoms with van der Waals surface area (Å²) < 4.78 is 24.1. The lowest BCUT2D eigenvalue weighted by Gasteiger charge is -2.17. The fourth-order valence-corrected chi connectivity index (χ4v) is 2.14. The zero-order valence-corrected chi connectivity index (χ0v) is 12.5. The second-order valence-corrected chi connectivity index (χ2v) is 4.72. The minimum Gasteiger partial charge on any atom is -0.493 e. The van der Waals surface area contributed by atoms with Gasteiger partial charge >= 0.3 is 0 Å². The first kappa shape index (κ1) is 15.2. The molecule has 0 fully saturated rings. The van der Waals surface area contributed by atoms with Gasteiger partial charge in [0.1, 0.15) is 5.82 Å². The Morgan fingerprint density at radius 2 is 1.95 bits per heavy atom. The van der Waals surface area contributed by atoms with Gasteiger partial charge in [-0.05, 0) is 43.7 Å². The molecule has 4 heteroatoms. The summed E-state index contributed by atoms with van der Waals surface area (Å²) in [4.78, 5) is 0. The molecular weight excluding hydrogens is 269 g/mol. The molecule has 112 valence electrons. The van der Waals surface area contributed by atoms with Crippen molar-refractivity contribution in [2.75, 3.05) is 19.0 Å². The van der Waals surface area contributed by atoms with Gasteiger partial charge in [0.2, 0.25) is 0 Å². The molecule has 0 amide bonds. The largest absolute Gasteiger partial charge is 0.493 e. The number of halogens is 1. The van der Waals surface area contributed by atoms with Crippen LogP contribution in [0.5, 0.6) is 11.5 Å². The molecule has 2 rings (SSSR count). The van der Waals surface area contributed by atoms with Gasteiger partial charge in [0.25, 0.3) is 0 Å². The Morgan fingerprint density at radius 1 is 1.14 bits per heavy atom. The fourth-order valence-electron chi connectivity index (χ4n) is 2.14. The Hall–Kier alpha value is -2.23. The maximum absolute atomic E-state index is 13.3. The molecule has 0 aromatic heterocycles. The van der Waals surface area contributed by atoms with Crippen molar-refractivity contribution in [2.45, 2.75) is 19.9 Å². The van der Waals surface area contributed by atoms with E-state index in [1.807, 2.05) is 38.1 Å². The Kier molecular flexibility index (Phi) is 5.04. The predicted molar refractivity (Wildman–Crippen MR) is 82.6 cm³/mol. The van der Waals surface area contributed by atoms with Crippen molar-refractivity contribution in [3.63, 3.8) is 0 Å². The number of hydrogen-bond acceptors (Lipinski definition) is 3. The molecule has 2 aromatic rings. The minimum absolute atomic E-state index is 0.0108. The standard InChI is InChI=1S/C17H20FNO2/c1-4-21-16-9-8-15(11-17(16)20-3)19-12(2)13-6-5-7-14(18)10-13/h5-12,19H,4H2,1-3H3. The number of methoxy groups -OCH3 is 1. The highest BCUT2D eigenvalue weighted by molar-refractivity contribution is 5.55. The summed E-state index contributed by atoms with van der Waals surface area (Å²) in [6.45, 7) is 4.50. The van der Waals surface area contributed by atoms with Crippen LogP contribution in [-0.2, 0) is 0 Å². The van der Waals surface area contributed by atoms with Crippen molar-refractivity contribution in [3.8, 4) is 11.5 Å². The summed E-state index contributed by atoms with van der Waals surface area (Å²) in [5.74, 6) is 1.16. The van der Waals surface area contributed by atoms with E-state index in [0.717, 1.165) is 11.3 Å². The highest BCUT2D eigenvalue weighted by Gasteiger charge is 2.09. The highest BCUT2D eigenvalue weighted by Crippen LogP contribution is 2.31. The van der Waals surface area contributed by atoms with E-state index in [4.69, 9.17) is 9.47 Å². The van der Waals surface area contributed by atoms with Gasteiger partial charge in [-0.3, -0.25) is 0 Å². The normalized spacial score (nSPS) is 11.8. The molecule has 3 nitrogen and oxygen atoms in total. The van der Waals surface area contributed by atoms with Crippen LogP contribution in [0.25, 0.3) is 0 Å². The first-order valence-electron chi connectivity index (χ1n) is 6.97. The molecule has 2 aromatic carbocycles. The maximum Gasteiger partial charge on any atom is 0.162 e. The monoisotopic (exact) mass is 289 g/mol. The second-order valence-electron chi connectivity index (χ2n) is 4.72. The number of benzene rings is 2. The molecule has 21 heavy (non-hydrogen) atoms. The SMILES string of the molecule is CCOc1ccc(NC(C)c2cccc(F)c2)cc1OC. The molecule has 0 spiro atoms. The minimum atomic E-state index is -0.231. The number of rotatable bonds is 6. The zero-order valence-electron chi connectivity index (χ0n) is 12.5. The summed E-state index contributed by atoms with van der Waals surface area (Å²) in [6.07, 6.45) is 0. The van der Waals surface area contributed by atoms with Gasteiger partial charge in [0, 0.05) is 17.8 Å². The van der Waals surface area contributed by atoms with Crippen molar-refractivity contribution < 1.29 is 13.9 Å². The van der Waals surface area contributed by atoms with Gasteiger partial charge in [-0.2, -0.15) is 0 Å². The average molecular weight is 289 g/mol. The van der Waals surface area contributed by atoms with Crippen molar-refractivity contribution >= 4 is 5.69 Å². The van der Waals surface area contributed by atoms with Gasteiger partial charge in [-0.1, -0.05) is 12.1 Å².